The molecule has 0 saturated carbocycles. The first kappa shape index (κ1) is 14.0. The molecule has 1 aromatic carbocycles. The Morgan fingerprint density at radius 3 is 2.12 bits per heavy atom. The van der Waals surface area contributed by atoms with Crippen molar-refractivity contribution in [1.82, 2.24) is 0 Å². The lowest BCUT2D eigenvalue weighted by molar-refractivity contribution is -0.126. The van der Waals surface area contributed by atoms with Crippen LogP contribution in [-0.4, -0.2) is 5.78 Å². The average molecular weight is 232 g/mol. The number of benzene rings is 1. The second-order valence-corrected chi connectivity index (χ2v) is 5.90. The van der Waals surface area contributed by atoms with Gasteiger partial charge in [0.05, 0.1) is 0 Å². The van der Waals surface area contributed by atoms with E-state index in [1.54, 1.807) is 0 Å². The fourth-order valence-electron chi connectivity index (χ4n) is 2.04. The van der Waals surface area contributed by atoms with Crippen molar-refractivity contribution in [3.05, 3.63) is 34.9 Å². The number of hydrogen-bond donors (Lipinski definition) is 0. The fourth-order valence-corrected chi connectivity index (χ4v) is 2.04. The lowest BCUT2D eigenvalue weighted by atomic mass is 9.87. The van der Waals surface area contributed by atoms with Gasteiger partial charge in [-0.25, -0.2) is 0 Å². The highest BCUT2D eigenvalue weighted by molar-refractivity contribution is 5.83. The zero-order valence-electron chi connectivity index (χ0n) is 11.8. The minimum Gasteiger partial charge on any atom is -0.299 e. The summed E-state index contributed by atoms with van der Waals surface area (Å²) in [5, 5.41) is 0. The summed E-state index contributed by atoms with van der Waals surface area (Å²) >= 11 is 0. The van der Waals surface area contributed by atoms with Crippen LogP contribution in [0.15, 0.2) is 18.2 Å². The molecule has 94 valence electrons. The Morgan fingerprint density at radius 1 is 1.12 bits per heavy atom. The number of ketones is 1. The van der Waals surface area contributed by atoms with Crippen molar-refractivity contribution in [2.45, 2.75) is 53.9 Å². The number of carbonyl (C=O) groups is 1. The molecule has 0 aliphatic rings. The monoisotopic (exact) mass is 232 g/mol. The Balaban J connectivity index is 2.55. The third-order valence-electron chi connectivity index (χ3n) is 3.31. The van der Waals surface area contributed by atoms with Crippen LogP contribution >= 0.6 is 0 Å². The van der Waals surface area contributed by atoms with E-state index in [0.717, 1.165) is 12.8 Å². The molecule has 0 N–H and O–H groups in total. The van der Waals surface area contributed by atoms with E-state index in [9.17, 15) is 4.79 Å². The molecule has 0 heterocycles. The summed E-state index contributed by atoms with van der Waals surface area (Å²) in [5.41, 5.74) is 3.90. The van der Waals surface area contributed by atoms with Crippen LogP contribution in [0, 0.1) is 19.3 Å². The lowest BCUT2D eigenvalue weighted by Crippen LogP contribution is -2.19. The number of rotatable bonds is 4. The second-order valence-electron chi connectivity index (χ2n) is 5.90. The zero-order chi connectivity index (χ0) is 13.1. The van der Waals surface area contributed by atoms with E-state index >= 15 is 0 Å². The van der Waals surface area contributed by atoms with E-state index in [2.05, 4.69) is 32.0 Å². The summed E-state index contributed by atoms with van der Waals surface area (Å²) in [6.07, 6.45) is 2.67. The molecule has 0 aliphatic carbocycles. The molecule has 0 saturated heterocycles. The van der Waals surface area contributed by atoms with Crippen molar-refractivity contribution >= 4 is 5.78 Å². The first-order chi connectivity index (χ1) is 7.82. The Hall–Kier alpha value is -1.11. The summed E-state index contributed by atoms with van der Waals surface area (Å²) in [6.45, 7) is 10.3. The predicted octanol–water partition coefficient (Wildman–Crippen LogP) is 4.24. The molecule has 0 aliphatic heterocycles. The maximum atomic E-state index is 11.8. The number of Topliss-reactive ketones (excluding diaryl/α,β-unsaturated/α-hetero) is 1. The molecule has 1 nitrogen and oxygen atoms in total. The van der Waals surface area contributed by atoms with Gasteiger partial charge in [0.2, 0.25) is 0 Å². The topological polar surface area (TPSA) is 17.1 Å². The van der Waals surface area contributed by atoms with E-state index in [1.807, 2.05) is 20.8 Å². The van der Waals surface area contributed by atoms with Gasteiger partial charge in [-0.05, 0) is 43.4 Å². The van der Waals surface area contributed by atoms with E-state index in [1.165, 1.54) is 16.7 Å². The number of hydrogen-bond acceptors (Lipinski definition) is 1. The van der Waals surface area contributed by atoms with Crippen LogP contribution in [0.5, 0.6) is 0 Å². The van der Waals surface area contributed by atoms with E-state index in [0.29, 0.717) is 12.2 Å². The maximum absolute atomic E-state index is 11.8. The minimum atomic E-state index is -0.194. The van der Waals surface area contributed by atoms with Crippen LogP contribution in [0.3, 0.4) is 0 Å². The molecule has 1 aromatic rings. The second kappa shape index (κ2) is 5.48. The van der Waals surface area contributed by atoms with Gasteiger partial charge >= 0.3 is 0 Å². The third kappa shape index (κ3) is 3.99. The molecular formula is C16H24O. The molecule has 0 spiro atoms. The van der Waals surface area contributed by atoms with Crippen molar-refractivity contribution in [2.24, 2.45) is 5.41 Å². The molecule has 0 atom stereocenters. The van der Waals surface area contributed by atoms with Gasteiger partial charge in [0.25, 0.3) is 0 Å². The average Bonchev–Trinajstić information content (AvgIpc) is 2.20. The van der Waals surface area contributed by atoms with Gasteiger partial charge in [0, 0.05) is 11.8 Å². The lowest BCUT2D eigenvalue weighted by Gasteiger charge is -2.16. The summed E-state index contributed by atoms with van der Waals surface area (Å²) in [7, 11) is 0. The fraction of sp³-hybridized carbons (Fsp3) is 0.562. The van der Waals surface area contributed by atoms with Crippen LogP contribution < -0.4 is 0 Å². The van der Waals surface area contributed by atoms with Gasteiger partial charge in [-0.15, -0.1) is 0 Å². The molecule has 1 heteroatoms. The highest BCUT2D eigenvalue weighted by Crippen LogP contribution is 2.20. The zero-order valence-corrected chi connectivity index (χ0v) is 11.8. The van der Waals surface area contributed by atoms with Gasteiger partial charge in [0.1, 0.15) is 5.78 Å². The Kier molecular flexibility index (Phi) is 4.50. The molecule has 17 heavy (non-hydrogen) atoms. The van der Waals surface area contributed by atoms with Crippen molar-refractivity contribution in [1.29, 1.82) is 0 Å². The molecular weight excluding hydrogens is 208 g/mol. The highest BCUT2D eigenvalue weighted by Gasteiger charge is 2.20. The molecule has 0 bridgehead atoms. The summed E-state index contributed by atoms with van der Waals surface area (Å²) in [4.78, 5) is 11.8. The van der Waals surface area contributed by atoms with E-state index in [4.69, 9.17) is 0 Å². The molecule has 0 amide bonds. The van der Waals surface area contributed by atoms with Crippen LogP contribution in [0.25, 0.3) is 0 Å². The maximum Gasteiger partial charge on any atom is 0.138 e. The van der Waals surface area contributed by atoms with Crippen molar-refractivity contribution in [2.75, 3.05) is 0 Å². The van der Waals surface area contributed by atoms with E-state index in [-0.39, 0.29) is 5.41 Å². The van der Waals surface area contributed by atoms with Crippen LogP contribution in [0.1, 0.15) is 50.3 Å². The molecule has 0 fully saturated rings. The highest BCUT2D eigenvalue weighted by atomic mass is 16.1. The van der Waals surface area contributed by atoms with E-state index < -0.39 is 0 Å². The Labute approximate surface area is 105 Å². The summed E-state index contributed by atoms with van der Waals surface area (Å²) in [6, 6.07) is 6.39. The van der Waals surface area contributed by atoms with Crippen molar-refractivity contribution in [3.8, 4) is 0 Å². The SMILES string of the molecule is Cc1cccc(C)c1CCCC(=O)C(C)(C)C. The molecule has 0 aromatic heterocycles. The number of aryl methyl sites for hydroxylation is 2. The van der Waals surface area contributed by atoms with Crippen LogP contribution in [-0.2, 0) is 11.2 Å². The first-order valence-electron chi connectivity index (χ1n) is 6.41. The summed E-state index contributed by atoms with van der Waals surface area (Å²) in [5.74, 6) is 0.365. The Bertz CT molecular complexity index is 376. The third-order valence-corrected chi connectivity index (χ3v) is 3.31. The van der Waals surface area contributed by atoms with Gasteiger partial charge in [-0.1, -0.05) is 39.0 Å². The van der Waals surface area contributed by atoms with Gasteiger partial charge < -0.3 is 0 Å². The Morgan fingerprint density at radius 2 is 1.65 bits per heavy atom. The smallest absolute Gasteiger partial charge is 0.138 e. The predicted molar refractivity (Wildman–Crippen MR) is 73.3 cm³/mol. The molecule has 1 rings (SSSR count). The minimum absolute atomic E-state index is 0.194. The standard InChI is InChI=1S/C16H24O/c1-12-8-6-9-13(2)14(12)10-7-11-15(17)16(3,4)5/h6,8-9H,7,10-11H2,1-5H3. The van der Waals surface area contributed by atoms with Crippen molar-refractivity contribution in [3.63, 3.8) is 0 Å². The van der Waals surface area contributed by atoms with Crippen molar-refractivity contribution < 1.29 is 4.79 Å². The van der Waals surface area contributed by atoms with Crippen LogP contribution in [0.2, 0.25) is 0 Å². The summed E-state index contributed by atoms with van der Waals surface area (Å²) < 4.78 is 0. The largest absolute Gasteiger partial charge is 0.299 e. The quantitative estimate of drug-likeness (QED) is 0.758. The van der Waals surface area contributed by atoms with Gasteiger partial charge in [-0.3, -0.25) is 4.79 Å². The number of carbonyl (C=O) groups excluding carboxylic acids is 1. The molecule has 0 radical (unpaired) electrons. The van der Waals surface area contributed by atoms with Crippen LogP contribution in [0.4, 0.5) is 0 Å². The van der Waals surface area contributed by atoms with Gasteiger partial charge in [0.15, 0.2) is 0 Å². The van der Waals surface area contributed by atoms with Gasteiger partial charge in [-0.2, -0.15) is 0 Å². The first-order valence-corrected chi connectivity index (χ1v) is 6.41. The molecule has 0 unspecified atom stereocenters. The normalized spacial score (nSPS) is 11.6.